The third-order valence-electron chi connectivity index (χ3n) is 6.84. The molecular formula is C24H27N5O5S. The van der Waals surface area contributed by atoms with Gasteiger partial charge in [-0.05, 0) is 43.2 Å². The lowest BCUT2D eigenvalue weighted by Crippen LogP contribution is -2.52. The van der Waals surface area contributed by atoms with Crippen LogP contribution < -0.4 is 5.32 Å². The third kappa shape index (κ3) is 3.89. The van der Waals surface area contributed by atoms with Crippen molar-refractivity contribution in [1.29, 1.82) is 0 Å². The van der Waals surface area contributed by atoms with Gasteiger partial charge in [-0.2, -0.15) is 4.31 Å². The summed E-state index contributed by atoms with van der Waals surface area (Å²) in [5.41, 5.74) is -0.125. The van der Waals surface area contributed by atoms with Crippen LogP contribution in [0, 0.1) is 13.8 Å². The summed E-state index contributed by atoms with van der Waals surface area (Å²) in [6.45, 7) is 6.21. The molecule has 184 valence electrons. The maximum Gasteiger partial charge on any atom is 0.326 e. The number of aryl methyl sites for hydroxylation is 2. The number of hydrogen-bond donors (Lipinski definition) is 1. The van der Waals surface area contributed by atoms with Crippen molar-refractivity contribution in [3.63, 3.8) is 0 Å². The van der Waals surface area contributed by atoms with Crippen LogP contribution in [0.15, 0.2) is 51.9 Å². The van der Waals surface area contributed by atoms with E-state index in [1.807, 2.05) is 47.4 Å². The molecule has 3 aromatic rings. The molecular weight excluding hydrogens is 470 g/mol. The number of imide groups is 1. The summed E-state index contributed by atoms with van der Waals surface area (Å²) in [6.07, 6.45) is 0. The number of piperazine rings is 1. The van der Waals surface area contributed by atoms with Gasteiger partial charge in [0.15, 0.2) is 5.76 Å². The molecule has 2 aliphatic heterocycles. The highest BCUT2D eigenvalue weighted by atomic mass is 32.2. The molecule has 35 heavy (non-hydrogen) atoms. The van der Waals surface area contributed by atoms with Crippen molar-refractivity contribution in [1.82, 2.24) is 24.6 Å². The predicted octanol–water partition coefficient (Wildman–Crippen LogP) is 2.18. The Kier molecular flexibility index (Phi) is 5.65. The zero-order chi connectivity index (χ0) is 25.0. The van der Waals surface area contributed by atoms with Crippen LogP contribution in [-0.4, -0.2) is 72.5 Å². The van der Waals surface area contributed by atoms with Crippen LogP contribution in [0.3, 0.4) is 0 Å². The van der Waals surface area contributed by atoms with E-state index in [2.05, 4.69) is 10.5 Å². The van der Waals surface area contributed by atoms with E-state index < -0.39 is 21.6 Å². The summed E-state index contributed by atoms with van der Waals surface area (Å²) in [5, 5.41) is 8.65. The number of nitrogens with one attached hydrogen (secondary N) is 1. The zero-order valence-electron chi connectivity index (χ0n) is 19.8. The van der Waals surface area contributed by atoms with E-state index in [0.29, 0.717) is 24.3 Å². The molecule has 1 atom stereocenters. The first-order valence-electron chi connectivity index (χ1n) is 11.4. The minimum absolute atomic E-state index is 0.0903. The van der Waals surface area contributed by atoms with Gasteiger partial charge in [-0.15, -0.1) is 0 Å². The summed E-state index contributed by atoms with van der Waals surface area (Å²) >= 11 is 0. The van der Waals surface area contributed by atoms with Gasteiger partial charge >= 0.3 is 6.03 Å². The number of sulfonamides is 1. The third-order valence-corrected chi connectivity index (χ3v) is 8.98. The Bertz CT molecular complexity index is 1410. The molecule has 3 amide bonds. The van der Waals surface area contributed by atoms with E-state index in [0.717, 1.165) is 10.8 Å². The normalized spacial score (nSPS) is 22.2. The Morgan fingerprint density at radius 2 is 1.71 bits per heavy atom. The predicted molar refractivity (Wildman–Crippen MR) is 128 cm³/mol. The fourth-order valence-electron chi connectivity index (χ4n) is 4.80. The van der Waals surface area contributed by atoms with Gasteiger partial charge in [0.1, 0.15) is 16.1 Å². The lowest BCUT2D eigenvalue weighted by Gasteiger charge is -2.35. The van der Waals surface area contributed by atoms with Gasteiger partial charge in [0.05, 0.1) is 6.67 Å². The minimum Gasteiger partial charge on any atom is -0.360 e. The fraction of sp³-hybridized carbons (Fsp3) is 0.375. The second kappa shape index (κ2) is 8.43. The van der Waals surface area contributed by atoms with Gasteiger partial charge in [0.2, 0.25) is 10.0 Å². The minimum atomic E-state index is -3.73. The van der Waals surface area contributed by atoms with Gasteiger partial charge in [0, 0.05) is 26.2 Å². The van der Waals surface area contributed by atoms with Gasteiger partial charge in [-0.1, -0.05) is 41.6 Å². The van der Waals surface area contributed by atoms with Crippen molar-refractivity contribution >= 4 is 32.7 Å². The highest BCUT2D eigenvalue weighted by molar-refractivity contribution is 7.89. The molecule has 11 heteroatoms. The lowest BCUT2D eigenvalue weighted by molar-refractivity contribution is -0.132. The maximum absolute atomic E-state index is 13.4. The molecule has 0 spiro atoms. The molecule has 3 heterocycles. The lowest BCUT2D eigenvalue weighted by atomic mass is 9.90. The van der Waals surface area contributed by atoms with Crippen LogP contribution in [0.1, 0.15) is 23.9 Å². The average molecular weight is 498 g/mol. The quantitative estimate of drug-likeness (QED) is 0.537. The summed E-state index contributed by atoms with van der Waals surface area (Å²) in [5.74, 6) is -0.0687. The van der Waals surface area contributed by atoms with Gasteiger partial charge in [0.25, 0.3) is 5.91 Å². The van der Waals surface area contributed by atoms with Crippen molar-refractivity contribution in [3.05, 3.63) is 59.5 Å². The number of urea groups is 1. The fourth-order valence-corrected chi connectivity index (χ4v) is 6.52. The molecule has 1 N–H and O–H groups in total. The molecule has 0 aliphatic carbocycles. The van der Waals surface area contributed by atoms with Gasteiger partial charge < -0.3 is 9.84 Å². The van der Waals surface area contributed by atoms with Crippen molar-refractivity contribution in [2.45, 2.75) is 31.2 Å². The number of amides is 3. The van der Waals surface area contributed by atoms with Crippen molar-refractivity contribution < 1.29 is 22.5 Å². The first-order valence-corrected chi connectivity index (χ1v) is 12.8. The van der Waals surface area contributed by atoms with Crippen LogP contribution in [0.25, 0.3) is 10.8 Å². The van der Waals surface area contributed by atoms with E-state index in [-0.39, 0.29) is 36.3 Å². The molecule has 10 nitrogen and oxygen atoms in total. The van der Waals surface area contributed by atoms with Gasteiger partial charge in [-0.25, -0.2) is 18.1 Å². The first kappa shape index (κ1) is 23.5. The molecule has 0 unspecified atom stereocenters. The molecule has 0 saturated carbocycles. The number of aromatic nitrogens is 1. The highest BCUT2D eigenvalue weighted by Gasteiger charge is 2.49. The second-order valence-electron chi connectivity index (χ2n) is 9.17. The molecule has 2 saturated heterocycles. The smallest absolute Gasteiger partial charge is 0.326 e. The van der Waals surface area contributed by atoms with E-state index >= 15 is 0 Å². The van der Waals surface area contributed by atoms with Crippen LogP contribution in [-0.2, 0) is 20.4 Å². The average Bonchev–Trinajstić information content (AvgIpc) is 3.30. The number of hydrogen-bond acceptors (Lipinski definition) is 7. The Morgan fingerprint density at radius 1 is 1.03 bits per heavy atom. The number of benzene rings is 2. The molecule has 2 aromatic carbocycles. The molecule has 2 aliphatic rings. The number of nitrogens with zero attached hydrogens (tertiary/aromatic N) is 4. The summed E-state index contributed by atoms with van der Waals surface area (Å²) in [6, 6.07) is 13.1. The standard InChI is InChI=1S/C24H27N5O5S/c1-16-21(17(2)34-26-16)35(32,33)28-12-10-27(11-13-28)15-29-22(30)24(3,25-23(29)31)20-9-8-18-6-4-5-7-19(18)14-20/h4-9,14H,10-13,15H2,1-3H3,(H,25,31)/t24-/m0/s1. The molecule has 0 radical (unpaired) electrons. The molecule has 5 rings (SSSR count). The van der Waals surface area contributed by atoms with E-state index in [4.69, 9.17) is 4.52 Å². The molecule has 1 aromatic heterocycles. The topological polar surface area (TPSA) is 116 Å². The number of fused-ring (bicyclic) bond motifs is 1. The van der Waals surface area contributed by atoms with Crippen LogP contribution >= 0.6 is 0 Å². The second-order valence-corrected chi connectivity index (χ2v) is 11.0. The van der Waals surface area contributed by atoms with E-state index in [9.17, 15) is 18.0 Å². The SMILES string of the molecule is Cc1noc(C)c1S(=O)(=O)N1CCN(CN2C(=O)N[C@@](C)(c3ccc4ccccc4c3)C2=O)CC1. The van der Waals surface area contributed by atoms with Gasteiger partial charge in [-0.3, -0.25) is 9.69 Å². The Labute approximate surface area is 203 Å². The van der Waals surface area contributed by atoms with E-state index in [1.54, 1.807) is 20.8 Å². The maximum atomic E-state index is 13.4. The van der Waals surface area contributed by atoms with Crippen LogP contribution in [0.5, 0.6) is 0 Å². The first-order chi connectivity index (χ1) is 16.6. The number of carbonyl (C=O) groups is 2. The highest BCUT2D eigenvalue weighted by Crippen LogP contribution is 2.31. The summed E-state index contributed by atoms with van der Waals surface area (Å²) < 4.78 is 32.5. The van der Waals surface area contributed by atoms with Crippen molar-refractivity contribution in [2.75, 3.05) is 32.8 Å². The van der Waals surface area contributed by atoms with E-state index in [1.165, 1.54) is 9.21 Å². The Balaban J connectivity index is 1.28. The zero-order valence-corrected chi connectivity index (χ0v) is 20.6. The van der Waals surface area contributed by atoms with Crippen LogP contribution in [0.4, 0.5) is 4.79 Å². The van der Waals surface area contributed by atoms with Crippen LogP contribution in [0.2, 0.25) is 0 Å². The number of carbonyl (C=O) groups excluding carboxylic acids is 2. The Hall–Kier alpha value is -3.28. The van der Waals surface area contributed by atoms with Crippen molar-refractivity contribution in [2.24, 2.45) is 0 Å². The largest absolute Gasteiger partial charge is 0.360 e. The Morgan fingerprint density at radius 3 is 2.37 bits per heavy atom. The molecule has 2 fully saturated rings. The summed E-state index contributed by atoms with van der Waals surface area (Å²) in [7, 11) is -3.73. The van der Waals surface area contributed by atoms with Crippen molar-refractivity contribution in [3.8, 4) is 0 Å². The molecule has 0 bridgehead atoms. The number of rotatable bonds is 5. The summed E-state index contributed by atoms with van der Waals surface area (Å²) in [4.78, 5) is 29.4. The monoisotopic (exact) mass is 497 g/mol.